The molecule has 1 unspecified atom stereocenters. The normalized spacial score (nSPS) is 12.4. The van der Waals surface area contributed by atoms with Crippen molar-refractivity contribution in [1.29, 1.82) is 0 Å². The molecule has 6 heteroatoms. The molecule has 0 aliphatic rings. The van der Waals surface area contributed by atoms with Crippen molar-refractivity contribution in [2.75, 3.05) is 13.2 Å². The second kappa shape index (κ2) is 52.4. The molecule has 0 aromatic rings. The standard InChI is InChI=1S/C58H112O6/c1-5-8-10-12-14-16-18-25-30-33-37-41-45-49-56(59)62-52-55(64-58(61)51-47-43-39-35-28-17-15-13-11-9-6-2)53-63-57(60)50-46-42-38-34-31-27-24-22-20-19-21-23-26-29-32-36-40-44-48-54(4)7-3/h54-55H,5-53H2,1-4H3/t54?,55-/m1/s1. The van der Waals surface area contributed by atoms with Gasteiger partial charge in [-0.05, 0) is 25.2 Å². The Morgan fingerprint density at radius 2 is 0.547 bits per heavy atom. The van der Waals surface area contributed by atoms with Crippen LogP contribution in [0, 0.1) is 5.92 Å². The van der Waals surface area contributed by atoms with Crippen LogP contribution in [0.15, 0.2) is 0 Å². The molecule has 0 heterocycles. The van der Waals surface area contributed by atoms with Crippen LogP contribution >= 0.6 is 0 Å². The monoisotopic (exact) mass is 905 g/mol. The van der Waals surface area contributed by atoms with Gasteiger partial charge < -0.3 is 14.2 Å². The van der Waals surface area contributed by atoms with Crippen LogP contribution in [-0.2, 0) is 28.6 Å². The number of hydrogen-bond donors (Lipinski definition) is 0. The topological polar surface area (TPSA) is 78.9 Å². The van der Waals surface area contributed by atoms with Crippen molar-refractivity contribution < 1.29 is 28.6 Å². The van der Waals surface area contributed by atoms with Crippen molar-refractivity contribution in [2.24, 2.45) is 5.92 Å². The number of carbonyl (C=O) groups excluding carboxylic acids is 3. The molecular weight excluding hydrogens is 793 g/mol. The summed E-state index contributed by atoms with van der Waals surface area (Å²) in [5.41, 5.74) is 0. The second-order valence-electron chi connectivity index (χ2n) is 20.2. The van der Waals surface area contributed by atoms with E-state index in [0.717, 1.165) is 63.7 Å². The SMILES string of the molecule is CCCCCCCCCCCCCCCC(=O)OC[C@H](COC(=O)CCCCCCCCCCCCCCCCCCCCC(C)CC)OC(=O)CCCCCCCCCCCCC. The highest BCUT2D eigenvalue weighted by Crippen LogP contribution is 2.18. The zero-order valence-corrected chi connectivity index (χ0v) is 43.8. The van der Waals surface area contributed by atoms with Crippen molar-refractivity contribution >= 4 is 17.9 Å². The average Bonchev–Trinajstić information content (AvgIpc) is 3.29. The fraction of sp³-hybridized carbons (Fsp3) is 0.948. The largest absolute Gasteiger partial charge is 0.462 e. The minimum atomic E-state index is -0.760. The molecule has 380 valence electrons. The fourth-order valence-electron chi connectivity index (χ4n) is 8.89. The van der Waals surface area contributed by atoms with E-state index >= 15 is 0 Å². The average molecular weight is 906 g/mol. The smallest absolute Gasteiger partial charge is 0.306 e. The molecule has 6 nitrogen and oxygen atoms in total. The summed E-state index contributed by atoms with van der Waals surface area (Å²) < 4.78 is 16.9. The zero-order valence-electron chi connectivity index (χ0n) is 43.8. The van der Waals surface area contributed by atoms with E-state index in [-0.39, 0.29) is 31.1 Å². The first kappa shape index (κ1) is 62.4. The molecule has 0 amide bonds. The van der Waals surface area contributed by atoms with E-state index in [4.69, 9.17) is 14.2 Å². The van der Waals surface area contributed by atoms with Gasteiger partial charge in [0.05, 0.1) is 0 Å². The van der Waals surface area contributed by atoms with Crippen LogP contribution in [0.1, 0.15) is 329 Å². The van der Waals surface area contributed by atoms with Crippen molar-refractivity contribution in [1.82, 2.24) is 0 Å². The molecule has 0 aromatic carbocycles. The lowest BCUT2D eigenvalue weighted by Crippen LogP contribution is -2.30. The van der Waals surface area contributed by atoms with Crippen LogP contribution in [0.4, 0.5) is 0 Å². The van der Waals surface area contributed by atoms with Gasteiger partial charge in [-0.25, -0.2) is 0 Å². The summed E-state index contributed by atoms with van der Waals surface area (Å²) in [7, 11) is 0. The maximum absolute atomic E-state index is 12.8. The first-order chi connectivity index (χ1) is 31.4. The van der Waals surface area contributed by atoms with Crippen LogP contribution in [0.25, 0.3) is 0 Å². The van der Waals surface area contributed by atoms with Gasteiger partial charge in [-0.15, -0.1) is 0 Å². The molecule has 0 aliphatic carbocycles. The number of unbranched alkanes of at least 4 members (excludes halogenated alkanes) is 39. The number of carbonyl (C=O) groups is 3. The third kappa shape index (κ3) is 49.8. The van der Waals surface area contributed by atoms with Gasteiger partial charge in [0, 0.05) is 19.3 Å². The van der Waals surface area contributed by atoms with Gasteiger partial charge >= 0.3 is 17.9 Å². The van der Waals surface area contributed by atoms with E-state index in [2.05, 4.69) is 27.7 Å². The van der Waals surface area contributed by atoms with Gasteiger partial charge in [-0.1, -0.05) is 291 Å². The first-order valence-electron chi connectivity index (χ1n) is 28.9. The van der Waals surface area contributed by atoms with Crippen LogP contribution in [0.2, 0.25) is 0 Å². The highest BCUT2D eigenvalue weighted by atomic mass is 16.6. The highest BCUT2D eigenvalue weighted by Gasteiger charge is 2.19. The Bertz CT molecular complexity index is 966. The molecule has 2 atom stereocenters. The Balaban J connectivity index is 4.18. The Kier molecular flexibility index (Phi) is 51.1. The van der Waals surface area contributed by atoms with E-state index in [9.17, 15) is 14.4 Å². The fourth-order valence-corrected chi connectivity index (χ4v) is 8.89. The number of hydrogen-bond acceptors (Lipinski definition) is 6. The summed E-state index contributed by atoms with van der Waals surface area (Å²) in [6.45, 7) is 9.09. The maximum atomic E-state index is 12.8. The minimum Gasteiger partial charge on any atom is -0.462 e. The van der Waals surface area contributed by atoms with Gasteiger partial charge in [-0.3, -0.25) is 14.4 Å². The number of esters is 3. The summed E-state index contributed by atoms with van der Waals surface area (Å²) in [6, 6.07) is 0. The molecule has 0 fully saturated rings. The first-order valence-corrected chi connectivity index (χ1v) is 28.9. The van der Waals surface area contributed by atoms with E-state index in [1.54, 1.807) is 0 Å². The van der Waals surface area contributed by atoms with Crippen LogP contribution in [-0.4, -0.2) is 37.2 Å². The van der Waals surface area contributed by atoms with Crippen molar-refractivity contribution in [2.45, 2.75) is 336 Å². The van der Waals surface area contributed by atoms with E-state index < -0.39 is 6.10 Å². The van der Waals surface area contributed by atoms with E-state index in [1.807, 2.05) is 0 Å². The molecule has 0 aliphatic heterocycles. The predicted molar refractivity (Wildman–Crippen MR) is 275 cm³/mol. The van der Waals surface area contributed by atoms with Crippen LogP contribution in [0.3, 0.4) is 0 Å². The summed E-state index contributed by atoms with van der Waals surface area (Å²) in [5, 5.41) is 0. The quantitative estimate of drug-likeness (QED) is 0.0344. The lowest BCUT2D eigenvalue weighted by Gasteiger charge is -2.18. The lowest BCUT2D eigenvalue weighted by atomic mass is 9.99. The molecule has 0 rings (SSSR count). The zero-order chi connectivity index (χ0) is 46.7. The molecule has 0 aromatic heterocycles. The van der Waals surface area contributed by atoms with E-state index in [0.29, 0.717) is 19.3 Å². The summed E-state index contributed by atoms with van der Waals surface area (Å²) in [6.07, 6.45) is 56.6. The molecular formula is C58H112O6. The van der Waals surface area contributed by atoms with Gasteiger partial charge in [0.2, 0.25) is 0 Å². The van der Waals surface area contributed by atoms with Gasteiger partial charge in [0.25, 0.3) is 0 Å². The summed E-state index contributed by atoms with van der Waals surface area (Å²) in [5.74, 6) is 0.0726. The molecule has 0 radical (unpaired) electrons. The predicted octanol–water partition coefficient (Wildman–Crippen LogP) is 19.0. The molecule has 64 heavy (non-hydrogen) atoms. The van der Waals surface area contributed by atoms with Gasteiger partial charge in [-0.2, -0.15) is 0 Å². The van der Waals surface area contributed by atoms with Crippen molar-refractivity contribution in [3.8, 4) is 0 Å². The van der Waals surface area contributed by atoms with Crippen LogP contribution in [0.5, 0.6) is 0 Å². The number of rotatable bonds is 53. The molecule has 0 spiro atoms. The second-order valence-corrected chi connectivity index (χ2v) is 20.2. The van der Waals surface area contributed by atoms with E-state index in [1.165, 1.54) is 225 Å². The third-order valence-corrected chi connectivity index (χ3v) is 13.7. The maximum Gasteiger partial charge on any atom is 0.306 e. The van der Waals surface area contributed by atoms with Crippen LogP contribution < -0.4 is 0 Å². The molecule has 0 saturated heterocycles. The summed E-state index contributed by atoms with van der Waals surface area (Å²) >= 11 is 0. The Morgan fingerprint density at radius 3 is 0.812 bits per heavy atom. The van der Waals surface area contributed by atoms with Gasteiger partial charge in [0.15, 0.2) is 6.10 Å². The molecule has 0 saturated carbocycles. The molecule has 0 bridgehead atoms. The Labute approximate surface area is 399 Å². The number of ether oxygens (including phenoxy) is 3. The van der Waals surface area contributed by atoms with Crippen molar-refractivity contribution in [3.05, 3.63) is 0 Å². The van der Waals surface area contributed by atoms with Crippen molar-refractivity contribution in [3.63, 3.8) is 0 Å². The Hall–Kier alpha value is -1.59. The highest BCUT2D eigenvalue weighted by molar-refractivity contribution is 5.71. The minimum absolute atomic E-state index is 0.0619. The van der Waals surface area contributed by atoms with Gasteiger partial charge in [0.1, 0.15) is 13.2 Å². The third-order valence-electron chi connectivity index (χ3n) is 13.7. The molecule has 0 N–H and O–H groups in total. The Morgan fingerprint density at radius 1 is 0.312 bits per heavy atom. The summed E-state index contributed by atoms with van der Waals surface area (Å²) in [4.78, 5) is 38.0. The lowest BCUT2D eigenvalue weighted by molar-refractivity contribution is -0.167.